The molecule has 3 rings (SSSR count). The third kappa shape index (κ3) is 3.99. The van der Waals surface area contributed by atoms with E-state index in [4.69, 9.17) is 18.6 Å². The lowest BCUT2D eigenvalue weighted by molar-refractivity contribution is 0.322. The predicted molar refractivity (Wildman–Crippen MR) is 109 cm³/mol. The van der Waals surface area contributed by atoms with Gasteiger partial charge in [-0.2, -0.15) is 0 Å². The molecule has 152 valence electrons. The van der Waals surface area contributed by atoms with Crippen molar-refractivity contribution in [2.45, 2.75) is 13.8 Å². The molecular weight excluding hydrogens is 376 g/mol. The van der Waals surface area contributed by atoms with Crippen LogP contribution in [0, 0.1) is 0 Å². The fourth-order valence-corrected chi connectivity index (χ4v) is 2.90. The van der Waals surface area contributed by atoms with Crippen LogP contribution in [0.2, 0.25) is 0 Å². The number of hydrogen-bond acceptors (Lipinski definition) is 7. The van der Waals surface area contributed by atoms with Crippen LogP contribution in [-0.2, 0) is 0 Å². The van der Waals surface area contributed by atoms with Gasteiger partial charge < -0.3 is 28.8 Å². The molecular formula is C22H22O7. The van der Waals surface area contributed by atoms with Crippen molar-refractivity contribution in [2.75, 3.05) is 20.8 Å². The highest BCUT2D eigenvalue weighted by Crippen LogP contribution is 2.40. The highest BCUT2D eigenvalue weighted by Gasteiger charge is 2.19. The average Bonchev–Trinajstić information content (AvgIpc) is 2.67. The summed E-state index contributed by atoms with van der Waals surface area (Å²) in [6.45, 7) is 4.30. The maximum absolute atomic E-state index is 13.0. The second-order valence-electron chi connectivity index (χ2n) is 6.61. The van der Waals surface area contributed by atoms with Crippen molar-refractivity contribution in [3.8, 4) is 39.9 Å². The smallest absolute Gasteiger partial charge is 0.204 e. The van der Waals surface area contributed by atoms with E-state index in [1.165, 1.54) is 26.5 Å². The summed E-state index contributed by atoms with van der Waals surface area (Å²) in [5.74, 6) is 0.676. The fourth-order valence-electron chi connectivity index (χ4n) is 2.90. The first kappa shape index (κ1) is 20.1. The standard InChI is InChI=1S/C22H22O7/c1-12(2)5-6-28-19-10-17(26-3)14(9-18(19)27-4)15-11-29-20-8-13(23)7-16(24)21(20)22(15)25/h5,7-11,23-24H,6H2,1-4H3. The largest absolute Gasteiger partial charge is 0.508 e. The van der Waals surface area contributed by atoms with Gasteiger partial charge in [0.15, 0.2) is 11.5 Å². The van der Waals surface area contributed by atoms with Crippen LogP contribution in [-0.4, -0.2) is 31.0 Å². The molecule has 0 amide bonds. The van der Waals surface area contributed by atoms with Gasteiger partial charge in [-0.3, -0.25) is 4.79 Å². The van der Waals surface area contributed by atoms with Crippen LogP contribution in [0.25, 0.3) is 22.1 Å². The third-order valence-corrected chi connectivity index (χ3v) is 4.35. The Morgan fingerprint density at radius 1 is 1.00 bits per heavy atom. The number of rotatable bonds is 6. The molecule has 0 saturated heterocycles. The number of phenols is 2. The van der Waals surface area contributed by atoms with E-state index < -0.39 is 5.43 Å². The van der Waals surface area contributed by atoms with Crippen LogP contribution in [0.5, 0.6) is 28.7 Å². The first-order valence-electron chi connectivity index (χ1n) is 8.85. The Morgan fingerprint density at radius 2 is 1.72 bits per heavy atom. The van der Waals surface area contributed by atoms with Crippen LogP contribution < -0.4 is 19.6 Å². The van der Waals surface area contributed by atoms with E-state index in [1.807, 2.05) is 19.9 Å². The molecule has 1 aromatic heterocycles. The topological polar surface area (TPSA) is 98.4 Å². The molecule has 0 fully saturated rings. The molecule has 7 nitrogen and oxygen atoms in total. The van der Waals surface area contributed by atoms with Crippen molar-refractivity contribution in [2.24, 2.45) is 0 Å². The number of aromatic hydroxyl groups is 2. The average molecular weight is 398 g/mol. The molecule has 0 aliphatic carbocycles. The van der Waals surface area contributed by atoms with Crippen LogP contribution in [0.15, 0.2) is 51.4 Å². The van der Waals surface area contributed by atoms with Crippen molar-refractivity contribution in [3.05, 3.63) is 52.4 Å². The summed E-state index contributed by atoms with van der Waals surface area (Å²) in [6.07, 6.45) is 3.18. The molecule has 0 unspecified atom stereocenters. The summed E-state index contributed by atoms with van der Waals surface area (Å²) < 4.78 is 22.1. The van der Waals surface area contributed by atoms with Gasteiger partial charge in [0.05, 0.1) is 19.8 Å². The summed E-state index contributed by atoms with van der Waals surface area (Å²) in [6, 6.07) is 5.60. The molecule has 0 aliphatic rings. The normalized spacial score (nSPS) is 10.6. The molecule has 0 radical (unpaired) electrons. The van der Waals surface area contributed by atoms with Gasteiger partial charge in [0.1, 0.15) is 41.1 Å². The predicted octanol–water partition coefficient (Wildman–Crippen LogP) is 4.23. The Bertz CT molecular complexity index is 1140. The van der Waals surface area contributed by atoms with Crippen molar-refractivity contribution >= 4 is 11.0 Å². The molecule has 29 heavy (non-hydrogen) atoms. The van der Waals surface area contributed by atoms with Crippen molar-refractivity contribution < 1.29 is 28.8 Å². The van der Waals surface area contributed by atoms with Gasteiger partial charge in [0.25, 0.3) is 0 Å². The van der Waals surface area contributed by atoms with Crippen molar-refractivity contribution in [3.63, 3.8) is 0 Å². The van der Waals surface area contributed by atoms with E-state index in [-0.39, 0.29) is 28.0 Å². The van der Waals surface area contributed by atoms with Crippen molar-refractivity contribution in [1.29, 1.82) is 0 Å². The number of hydrogen-bond donors (Lipinski definition) is 2. The minimum atomic E-state index is -0.470. The number of benzene rings is 2. The lowest BCUT2D eigenvalue weighted by Crippen LogP contribution is -2.07. The Labute approximate surface area is 167 Å². The Balaban J connectivity index is 2.17. The zero-order valence-corrected chi connectivity index (χ0v) is 16.6. The maximum atomic E-state index is 13.0. The highest BCUT2D eigenvalue weighted by molar-refractivity contribution is 5.89. The van der Waals surface area contributed by atoms with Gasteiger partial charge in [-0.1, -0.05) is 5.57 Å². The molecule has 0 saturated carbocycles. The molecule has 1 heterocycles. The minimum Gasteiger partial charge on any atom is -0.508 e. The lowest BCUT2D eigenvalue weighted by atomic mass is 10.0. The first-order valence-corrected chi connectivity index (χ1v) is 8.85. The number of ether oxygens (including phenoxy) is 3. The van der Waals surface area contributed by atoms with Crippen LogP contribution in [0.4, 0.5) is 0 Å². The summed E-state index contributed by atoms with van der Waals surface area (Å²) in [5.41, 5.74) is 1.31. The van der Waals surface area contributed by atoms with Crippen molar-refractivity contribution in [1.82, 2.24) is 0 Å². The number of methoxy groups -OCH3 is 2. The zero-order valence-electron chi connectivity index (χ0n) is 16.6. The third-order valence-electron chi connectivity index (χ3n) is 4.35. The SMILES string of the molecule is COc1cc(-c2coc3cc(O)cc(O)c3c2=O)c(OC)cc1OCC=C(C)C. The Hall–Kier alpha value is -3.61. The molecule has 2 aromatic carbocycles. The molecule has 7 heteroatoms. The second kappa shape index (κ2) is 8.18. The summed E-state index contributed by atoms with van der Waals surface area (Å²) in [7, 11) is 2.97. The first-order chi connectivity index (χ1) is 13.8. The van der Waals surface area contributed by atoms with Gasteiger partial charge in [0.2, 0.25) is 5.43 Å². The van der Waals surface area contributed by atoms with Gasteiger partial charge in [0, 0.05) is 23.8 Å². The molecule has 0 bridgehead atoms. The molecule has 3 aromatic rings. The van der Waals surface area contributed by atoms with Gasteiger partial charge in [-0.25, -0.2) is 0 Å². The van der Waals surface area contributed by atoms with E-state index in [0.29, 0.717) is 29.4 Å². The number of phenolic OH excluding ortho intramolecular Hbond substituents is 2. The van der Waals surface area contributed by atoms with Crippen LogP contribution >= 0.6 is 0 Å². The molecule has 2 N–H and O–H groups in total. The second-order valence-corrected chi connectivity index (χ2v) is 6.61. The van der Waals surface area contributed by atoms with E-state index in [1.54, 1.807) is 12.1 Å². The monoisotopic (exact) mass is 398 g/mol. The highest BCUT2D eigenvalue weighted by atomic mass is 16.5. The molecule has 0 spiro atoms. The Morgan fingerprint density at radius 3 is 2.38 bits per heavy atom. The van der Waals surface area contributed by atoms with Gasteiger partial charge in [-0.15, -0.1) is 0 Å². The quantitative estimate of drug-likeness (QED) is 0.600. The zero-order chi connectivity index (χ0) is 21.1. The van der Waals surface area contributed by atoms with E-state index >= 15 is 0 Å². The number of allylic oxidation sites excluding steroid dienone is 1. The van der Waals surface area contributed by atoms with E-state index in [2.05, 4.69) is 0 Å². The van der Waals surface area contributed by atoms with Gasteiger partial charge in [-0.05, 0) is 26.0 Å². The van der Waals surface area contributed by atoms with Crippen LogP contribution in [0.1, 0.15) is 13.8 Å². The number of fused-ring (bicyclic) bond motifs is 1. The minimum absolute atomic E-state index is 0.0368. The lowest BCUT2D eigenvalue weighted by Gasteiger charge is -2.15. The van der Waals surface area contributed by atoms with E-state index in [9.17, 15) is 15.0 Å². The Kier molecular flexibility index (Phi) is 5.68. The van der Waals surface area contributed by atoms with Crippen LogP contribution in [0.3, 0.4) is 0 Å². The molecule has 0 aliphatic heterocycles. The van der Waals surface area contributed by atoms with E-state index in [0.717, 1.165) is 11.6 Å². The molecule has 0 atom stereocenters. The fraction of sp³-hybridized carbons (Fsp3) is 0.227. The summed E-state index contributed by atoms with van der Waals surface area (Å²) >= 11 is 0. The maximum Gasteiger partial charge on any atom is 0.204 e. The summed E-state index contributed by atoms with van der Waals surface area (Å²) in [5, 5.41) is 19.7. The van der Waals surface area contributed by atoms with Gasteiger partial charge >= 0.3 is 0 Å². The summed E-state index contributed by atoms with van der Waals surface area (Å²) in [4.78, 5) is 13.0.